The third kappa shape index (κ3) is 4.78. The van der Waals surface area contributed by atoms with Crippen LogP contribution in [-0.4, -0.2) is 65.2 Å². The van der Waals surface area contributed by atoms with Crippen LogP contribution in [0.25, 0.3) is 0 Å². The Morgan fingerprint density at radius 2 is 2.07 bits per heavy atom. The molecule has 150 valence electrons. The van der Waals surface area contributed by atoms with E-state index in [1.165, 1.54) is 25.3 Å². The number of likely N-dealkylation sites (tertiary alicyclic amines) is 1. The van der Waals surface area contributed by atoms with Crippen LogP contribution in [0.15, 0.2) is 23.1 Å². The zero-order valence-electron chi connectivity index (χ0n) is 15.5. The number of ether oxygens (including phenoxy) is 2. The number of nitrogens with one attached hydrogen (secondary N) is 1. The van der Waals surface area contributed by atoms with Gasteiger partial charge in [0.25, 0.3) is 5.91 Å². The monoisotopic (exact) mass is 397 g/mol. The van der Waals surface area contributed by atoms with Crippen LogP contribution >= 0.6 is 0 Å². The van der Waals surface area contributed by atoms with E-state index in [2.05, 4.69) is 9.62 Å². The Labute approximate surface area is 160 Å². The van der Waals surface area contributed by atoms with Crippen LogP contribution in [-0.2, 0) is 14.8 Å². The summed E-state index contributed by atoms with van der Waals surface area (Å²) < 4.78 is 38.4. The van der Waals surface area contributed by atoms with Crippen molar-refractivity contribution < 1.29 is 22.7 Å². The lowest BCUT2D eigenvalue weighted by molar-refractivity contribution is 0.0997. The van der Waals surface area contributed by atoms with Gasteiger partial charge in [-0.1, -0.05) is 0 Å². The number of primary amides is 1. The summed E-state index contributed by atoms with van der Waals surface area (Å²) >= 11 is 0. The highest BCUT2D eigenvalue weighted by Gasteiger charge is 2.28. The Morgan fingerprint density at radius 3 is 2.67 bits per heavy atom. The molecule has 0 spiro atoms. The Balaban J connectivity index is 1.57. The summed E-state index contributed by atoms with van der Waals surface area (Å²) in [7, 11) is -2.32. The van der Waals surface area contributed by atoms with Crippen LogP contribution < -0.4 is 15.2 Å². The number of carbonyl (C=O) groups is 1. The topological polar surface area (TPSA) is 111 Å². The molecule has 2 aliphatic heterocycles. The first-order valence-electron chi connectivity index (χ1n) is 9.20. The van der Waals surface area contributed by atoms with E-state index in [1.807, 2.05) is 0 Å². The summed E-state index contributed by atoms with van der Waals surface area (Å²) in [5.41, 5.74) is 5.36. The van der Waals surface area contributed by atoms with Crippen molar-refractivity contribution in [3.05, 3.63) is 23.8 Å². The number of nitrogens with two attached hydrogens (primary N) is 1. The van der Waals surface area contributed by atoms with Gasteiger partial charge in [0.05, 0.1) is 24.2 Å². The second kappa shape index (κ2) is 8.55. The Morgan fingerprint density at radius 1 is 1.33 bits per heavy atom. The van der Waals surface area contributed by atoms with E-state index in [1.54, 1.807) is 0 Å². The zero-order chi connectivity index (χ0) is 19.4. The maximum atomic E-state index is 12.6. The van der Waals surface area contributed by atoms with Crippen LogP contribution in [0.2, 0.25) is 0 Å². The highest BCUT2D eigenvalue weighted by Crippen LogP contribution is 2.24. The maximum Gasteiger partial charge on any atom is 0.252 e. The SMILES string of the molecule is COc1ccc(S(=O)(=O)NCC2CCN([C@@H]3CCOC3)CC2)cc1C(N)=O. The molecule has 27 heavy (non-hydrogen) atoms. The average Bonchev–Trinajstić information content (AvgIpc) is 3.21. The first-order chi connectivity index (χ1) is 12.9. The molecule has 0 radical (unpaired) electrons. The molecular formula is C18H27N3O5S. The van der Waals surface area contributed by atoms with Crippen molar-refractivity contribution in [1.82, 2.24) is 9.62 Å². The molecule has 1 aromatic rings. The lowest BCUT2D eigenvalue weighted by atomic mass is 9.96. The van der Waals surface area contributed by atoms with Crippen LogP contribution in [0, 0.1) is 5.92 Å². The number of amides is 1. The summed E-state index contributed by atoms with van der Waals surface area (Å²) in [6.07, 6.45) is 2.99. The number of nitrogens with zero attached hydrogens (tertiary/aromatic N) is 1. The maximum absolute atomic E-state index is 12.6. The molecule has 3 rings (SSSR count). The lowest BCUT2D eigenvalue weighted by Gasteiger charge is -2.35. The summed E-state index contributed by atoms with van der Waals surface area (Å²) in [5.74, 6) is -0.177. The summed E-state index contributed by atoms with van der Waals surface area (Å²) in [6.45, 7) is 3.95. The highest BCUT2D eigenvalue weighted by molar-refractivity contribution is 7.89. The van der Waals surface area contributed by atoms with E-state index >= 15 is 0 Å². The fraction of sp³-hybridized carbons (Fsp3) is 0.611. The van der Waals surface area contributed by atoms with Gasteiger partial charge in [0, 0.05) is 19.2 Å². The second-order valence-electron chi connectivity index (χ2n) is 7.07. The van der Waals surface area contributed by atoms with Gasteiger partial charge >= 0.3 is 0 Å². The van der Waals surface area contributed by atoms with Crippen molar-refractivity contribution in [2.75, 3.05) is 40.0 Å². The molecular weight excluding hydrogens is 370 g/mol. The average molecular weight is 397 g/mol. The van der Waals surface area contributed by atoms with Crippen molar-refractivity contribution in [3.8, 4) is 5.75 Å². The van der Waals surface area contributed by atoms with Gasteiger partial charge in [0.15, 0.2) is 0 Å². The van der Waals surface area contributed by atoms with Crippen molar-refractivity contribution in [2.24, 2.45) is 11.7 Å². The lowest BCUT2D eigenvalue weighted by Crippen LogP contribution is -2.43. The van der Waals surface area contributed by atoms with E-state index in [9.17, 15) is 13.2 Å². The quantitative estimate of drug-likeness (QED) is 0.696. The summed E-state index contributed by atoms with van der Waals surface area (Å²) in [5, 5.41) is 0. The van der Waals surface area contributed by atoms with E-state index in [-0.39, 0.29) is 16.2 Å². The number of piperidine rings is 1. The fourth-order valence-electron chi connectivity index (χ4n) is 3.69. The van der Waals surface area contributed by atoms with Gasteiger partial charge in [-0.25, -0.2) is 13.1 Å². The minimum Gasteiger partial charge on any atom is -0.496 e. The molecule has 0 aliphatic carbocycles. The molecule has 9 heteroatoms. The number of methoxy groups -OCH3 is 1. The zero-order valence-corrected chi connectivity index (χ0v) is 16.3. The predicted molar refractivity (Wildman–Crippen MR) is 100 cm³/mol. The predicted octanol–water partition coefficient (Wildman–Crippen LogP) is 0.573. The third-order valence-electron chi connectivity index (χ3n) is 5.38. The van der Waals surface area contributed by atoms with Crippen LogP contribution in [0.1, 0.15) is 29.6 Å². The van der Waals surface area contributed by atoms with E-state index in [0.29, 0.717) is 18.5 Å². The Bertz CT molecular complexity index is 769. The number of benzene rings is 1. The molecule has 1 atom stereocenters. The van der Waals surface area contributed by atoms with Crippen LogP contribution in [0.5, 0.6) is 5.75 Å². The normalized spacial score (nSPS) is 22.0. The molecule has 2 fully saturated rings. The van der Waals surface area contributed by atoms with Crippen molar-refractivity contribution in [3.63, 3.8) is 0 Å². The molecule has 1 amide bonds. The summed E-state index contributed by atoms with van der Waals surface area (Å²) in [4.78, 5) is 14.0. The number of hydrogen-bond donors (Lipinski definition) is 2. The molecule has 1 aromatic carbocycles. The van der Waals surface area contributed by atoms with Gasteiger partial charge in [-0.2, -0.15) is 0 Å². The molecule has 2 aliphatic rings. The fourth-order valence-corrected chi connectivity index (χ4v) is 4.83. The van der Waals surface area contributed by atoms with Gasteiger partial charge in [-0.3, -0.25) is 9.69 Å². The third-order valence-corrected chi connectivity index (χ3v) is 6.80. The molecule has 0 unspecified atom stereocenters. The van der Waals surface area contributed by atoms with Gasteiger partial charge < -0.3 is 15.2 Å². The number of carbonyl (C=O) groups excluding carboxylic acids is 1. The van der Waals surface area contributed by atoms with Crippen molar-refractivity contribution in [1.29, 1.82) is 0 Å². The number of sulfonamides is 1. The second-order valence-corrected chi connectivity index (χ2v) is 8.84. The van der Waals surface area contributed by atoms with Crippen LogP contribution in [0.4, 0.5) is 0 Å². The molecule has 8 nitrogen and oxygen atoms in total. The van der Waals surface area contributed by atoms with Gasteiger partial charge in [0.2, 0.25) is 10.0 Å². The molecule has 3 N–H and O–H groups in total. The smallest absolute Gasteiger partial charge is 0.252 e. The Kier molecular flexibility index (Phi) is 6.36. The molecule has 0 bridgehead atoms. The van der Waals surface area contributed by atoms with Crippen LogP contribution in [0.3, 0.4) is 0 Å². The minimum atomic E-state index is -3.72. The van der Waals surface area contributed by atoms with Gasteiger partial charge in [-0.05, 0) is 56.5 Å². The standard InChI is InChI=1S/C18H27N3O5S/c1-25-17-3-2-15(10-16(17)18(19)22)27(23,24)20-11-13-4-7-21(8-5-13)14-6-9-26-12-14/h2-3,10,13-14,20H,4-9,11-12H2,1H3,(H2,19,22)/t14-/m1/s1. The van der Waals surface area contributed by atoms with E-state index in [4.69, 9.17) is 15.2 Å². The molecule has 2 heterocycles. The van der Waals surface area contributed by atoms with Crippen molar-refractivity contribution >= 4 is 15.9 Å². The molecule has 0 aromatic heterocycles. The first kappa shape index (κ1) is 20.1. The van der Waals surface area contributed by atoms with Crippen molar-refractivity contribution in [2.45, 2.75) is 30.2 Å². The summed E-state index contributed by atoms with van der Waals surface area (Å²) in [6, 6.07) is 4.62. The van der Waals surface area contributed by atoms with Gasteiger partial charge in [-0.15, -0.1) is 0 Å². The minimum absolute atomic E-state index is 0.0117. The Hall–Kier alpha value is -1.68. The number of hydrogen-bond acceptors (Lipinski definition) is 6. The number of rotatable bonds is 7. The largest absolute Gasteiger partial charge is 0.496 e. The highest BCUT2D eigenvalue weighted by atomic mass is 32.2. The van der Waals surface area contributed by atoms with Gasteiger partial charge in [0.1, 0.15) is 5.75 Å². The van der Waals surface area contributed by atoms with E-state index in [0.717, 1.165) is 45.6 Å². The molecule has 0 saturated carbocycles. The first-order valence-corrected chi connectivity index (χ1v) is 10.7. The molecule has 2 saturated heterocycles. The van der Waals surface area contributed by atoms with E-state index < -0.39 is 15.9 Å².